The number of piperidine rings is 1. The minimum Gasteiger partial charge on any atom is -0.337 e. The van der Waals surface area contributed by atoms with E-state index in [4.69, 9.17) is 11.6 Å². The van der Waals surface area contributed by atoms with Crippen LogP contribution < -0.4 is 0 Å². The van der Waals surface area contributed by atoms with Crippen molar-refractivity contribution >= 4 is 17.5 Å². The molecule has 1 amide bonds. The van der Waals surface area contributed by atoms with Crippen LogP contribution >= 0.6 is 11.6 Å². The van der Waals surface area contributed by atoms with Crippen LogP contribution in [0.25, 0.3) is 0 Å². The van der Waals surface area contributed by atoms with Crippen molar-refractivity contribution in [3.05, 3.63) is 58.9 Å². The number of carbonyl (C=O) groups is 1. The molecular formula is C17H18ClN3O. The van der Waals surface area contributed by atoms with Crippen molar-refractivity contribution in [3.63, 3.8) is 0 Å². The van der Waals surface area contributed by atoms with Crippen molar-refractivity contribution in [2.45, 2.75) is 19.3 Å². The average Bonchev–Trinajstić information content (AvgIpc) is 2.57. The van der Waals surface area contributed by atoms with Crippen LogP contribution in [0.3, 0.4) is 0 Å². The first-order valence-corrected chi connectivity index (χ1v) is 7.92. The Morgan fingerprint density at radius 3 is 2.45 bits per heavy atom. The minimum atomic E-state index is -0.0534. The van der Waals surface area contributed by atoms with Crippen LogP contribution in [0.2, 0.25) is 5.15 Å². The summed E-state index contributed by atoms with van der Waals surface area (Å²) in [6, 6.07) is 13.8. The molecule has 0 bridgehead atoms. The minimum absolute atomic E-state index is 0.0534. The van der Waals surface area contributed by atoms with Crippen molar-refractivity contribution in [1.29, 1.82) is 0 Å². The van der Waals surface area contributed by atoms with Gasteiger partial charge >= 0.3 is 0 Å². The number of aromatic nitrogens is 2. The number of likely N-dealkylation sites (tertiary alicyclic amines) is 1. The third kappa shape index (κ3) is 3.63. The van der Waals surface area contributed by atoms with Crippen molar-refractivity contribution in [1.82, 2.24) is 15.1 Å². The summed E-state index contributed by atoms with van der Waals surface area (Å²) in [6.45, 7) is 1.56. The highest BCUT2D eigenvalue weighted by atomic mass is 35.5. The Kier molecular flexibility index (Phi) is 4.68. The number of hydrogen-bond acceptors (Lipinski definition) is 3. The van der Waals surface area contributed by atoms with E-state index < -0.39 is 0 Å². The summed E-state index contributed by atoms with van der Waals surface area (Å²) >= 11 is 5.70. The number of benzene rings is 1. The molecule has 1 fully saturated rings. The number of hydrogen-bond donors (Lipinski definition) is 0. The maximum atomic E-state index is 12.4. The van der Waals surface area contributed by atoms with E-state index in [9.17, 15) is 4.79 Å². The van der Waals surface area contributed by atoms with Gasteiger partial charge in [0.25, 0.3) is 5.91 Å². The predicted molar refractivity (Wildman–Crippen MR) is 85.8 cm³/mol. The van der Waals surface area contributed by atoms with Gasteiger partial charge in [-0.15, -0.1) is 10.2 Å². The van der Waals surface area contributed by atoms with Crippen LogP contribution in [0.1, 0.15) is 28.9 Å². The van der Waals surface area contributed by atoms with Gasteiger partial charge in [0, 0.05) is 13.1 Å². The Balaban J connectivity index is 1.55. The van der Waals surface area contributed by atoms with Gasteiger partial charge in [0.2, 0.25) is 0 Å². The van der Waals surface area contributed by atoms with Crippen molar-refractivity contribution < 1.29 is 4.79 Å². The Morgan fingerprint density at radius 1 is 1.09 bits per heavy atom. The van der Waals surface area contributed by atoms with Gasteiger partial charge in [-0.05, 0) is 42.9 Å². The quantitative estimate of drug-likeness (QED) is 0.873. The molecule has 22 heavy (non-hydrogen) atoms. The summed E-state index contributed by atoms with van der Waals surface area (Å²) in [6.07, 6.45) is 3.15. The highest BCUT2D eigenvalue weighted by Gasteiger charge is 2.24. The topological polar surface area (TPSA) is 46.1 Å². The van der Waals surface area contributed by atoms with Gasteiger partial charge in [0.15, 0.2) is 10.8 Å². The standard InChI is InChI=1S/C17H18ClN3O/c18-16-7-6-15(19-20-16)17(22)21-10-8-14(9-11-21)12-13-4-2-1-3-5-13/h1-7,14H,8-12H2. The monoisotopic (exact) mass is 315 g/mol. The molecule has 1 aromatic carbocycles. The summed E-state index contributed by atoms with van der Waals surface area (Å²) in [5, 5.41) is 7.90. The molecule has 1 aliphatic rings. The molecule has 1 aromatic heterocycles. The zero-order valence-corrected chi connectivity index (χ0v) is 13.0. The summed E-state index contributed by atoms with van der Waals surface area (Å²) in [7, 11) is 0. The molecule has 2 heterocycles. The Morgan fingerprint density at radius 2 is 1.82 bits per heavy atom. The number of rotatable bonds is 3. The van der Waals surface area contributed by atoms with Gasteiger partial charge < -0.3 is 4.90 Å². The highest BCUT2D eigenvalue weighted by Crippen LogP contribution is 2.22. The van der Waals surface area contributed by atoms with Crippen LogP contribution in [0.4, 0.5) is 0 Å². The lowest BCUT2D eigenvalue weighted by Crippen LogP contribution is -2.39. The van der Waals surface area contributed by atoms with Crippen molar-refractivity contribution in [2.24, 2.45) is 5.92 Å². The predicted octanol–water partition coefficient (Wildman–Crippen LogP) is 3.22. The van der Waals surface area contributed by atoms with E-state index in [2.05, 4.69) is 34.5 Å². The van der Waals surface area contributed by atoms with Gasteiger partial charge in [-0.25, -0.2) is 0 Å². The van der Waals surface area contributed by atoms with Crippen LogP contribution in [-0.4, -0.2) is 34.1 Å². The van der Waals surface area contributed by atoms with E-state index in [1.807, 2.05) is 11.0 Å². The third-order valence-electron chi connectivity index (χ3n) is 4.12. The highest BCUT2D eigenvalue weighted by molar-refractivity contribution is 6.29. The molecule has 0 radical (unpaired) electrons. The fourth-order valence-electron chi connectivity index (χ4n) is 2.88. The second kappa shape index (κ2) is 6.88. The molecule has 0 N–H and O–H groups in total. The first kappa shape index (κ1) is 15.0. The van der Waals surface area contributed by atoms with E-state index in [1.165, 1.54) is 5.56 Å². The van der Waals surface area contributed by atoms with Gasteiger partial charge in [-0.3, -0.25) is 4.79 Å². The van der Waals surface area contributed by atoms with Gasteiger partial charge in [0.05, 0.1) is 0 Å². The fourth-order valence-corrected chi connectivity index (χ4v) is 2.98. The molecule has 0 atom stereocenters. The maximum Gasteiger partial charge on any atom is 0.274 e. The van der Waals surface area contributed by atoms with E-state index in [0.29, 0.717) is 16.8 Å². The second-order valence-corrected chi connectivity index (χ2v) is 6.05. The molecule has 2 aromatic rings. The Bertz CT molecular complexity index is 622. The SMILES string of the molecule is O=C(c1ccc(Cl)nn1)N1CCC(Cc2ccccc2)CC1. The zero-order valence-electron chi connectivity index (χ0n) is 12.3. The van der Waals surface area contributed by atoms with Crippen molar-refractivity contribution in [2.75, 3.05) is 13.1 Å². The van der Waals surface area contributed by atoms with Crippen LogP contribution in [0, 0.1) is 5.92 Å². The summed E-state index contributed by atoms with van der Waals surface area (Å²) < 4.78 is 0. The molecule has 0 aliphatic carbocycles. The molecule has 0 unspecified atom stereocenters. The summed E-state index contributed by atoms with van der Waals surface area (Å²) in [4.78, 5) is 14.2. The molecular weight excluding hydrogens is 298 g/mol. The van der Waals surface area contributed by atoms with E-state index in [1.54, 1.807) is 12.1 Å². The van der Waals surface area contributed by atoms with Crippen LogP contribution in [-0.2, 0) is 6.42 Å². The molecule has 114 valence electrons. The molecule has 5 heteroatoms. The first-order chi connectivity index (χ1) is 10.7. The van der Waals surface area contributed by atoms with Crippen molar-refractivity contribution in [3.8, 4) is 0 Å². The normalized spacial score (nSPS) is 15.8. The van der Waals surface area contributed by atoms with Crippen LogP contribution in [0.15, 0.2) is 42.5 Å². The number of carbonyl (C=O) groups excluding carboxylic acids is 1. The summed E-state index contributed by atoms with van der Waals surface area (Å²) in [5.74, 6) is 0.588. The Hall–Kier alpha value is -1.94. The van der Waals surface area contributed by atoms with Gasteiger partial charge in [0.1, 0.15) is 0 Å². The lowest BCUT2D eigenvalue weighted by Gasteiger charge is -2.31. The zero-order chi connectivity index (χ0) is 15.4. The fraction of sp³-hybridized carbons (Fsp3) is 0.353. The first-order valence-electron chi connectivity index (χ1n) is 7.55. The lowest BCUT2D eigenvalue weighted by atomic mass is 9.90. The maximum absolute atomic E-state index is 12.4. The number of nitrogens with zero attached hydrogens (tertiary/aromatic N) is 3. The number of amides is 1. The molecule has 3 rings (SSSR count). The van der Waals surface area contributed by atoms with Crippen LogP contribution in [0.5, 0.6) is 0 Å². The van der Waals surface area contributed by atoms with E-state index >= 15 is 0 Å². The molecule has 0 spiro atoms. The largest absolute Gasteiger partial charge is 0.337 e. The van der Waals surface area contributed by atoms with E-state index in [0.717, 1.165) is 32.4 Å². The molecule has 1 saturated heterocycles. The lowest BCUT2D eigenvalue weighted by molar-refractivity contribution is 0.0683. The second-order valence-electron chi connectivity index (χ2n) is 5.67. The van der Waals surface area contributed by atoms with Gasteiger partial charge in [-0.1, -0.05) is 41.9 Å². The van der Waals surface area contributed by atoms with Gasteiger partial charge in [-0.2, -0.15) is 0 Å². The molecule has 1 aliphatic heterocycles. The van der Waals surface area contributed by atoms with E-state index in [-0.39, 0.29) is 5.91 Å². The third-order valence-corrected chi connectivity index (χ3v) is 4.32. The summed E-state index contributed by atoms with van der Waals surface area (Å²) in [5.41, 5.74) is 1.74. The smallest absolute Gasteiger partial charge is 0.274 e. The molecule has 0 saturated carbocycles. The molecule has 4 nitrogen and oxygen atoms in total. The average molecular weight is 316 g/mol. The Labute approximate surface area is 135 Å². The number of halogens is 1.